The molecule has 5 nitrogen and oxygen atoms in total. The molecular formula is C9H12BrN5. The third kappa shape index (κ3) is 2.04. The number of nitrogens with two attached hydrogens (primary N) is 1. The van der Waals surface area contributed by atoms with E-state index in [4.69, 9.17) is 5.73 Å². The molecule has 2 rings (SSSR count). The summed E-state index contributed by atoms with van der Waals surface area (Å²) in [6.45, 7) is 2.57. The summed E-state index contributed by atoms with van der Waals surface area (Å²) in [6, 6.07) is 0. The van der Waals surface area contributed by atoms with Crippen LogP contribution in [0.2, 0.25) is 0 Å². The lowest BCUT2D eigenvalue weighted by Crippen LogP contribution is -2.00. The number of rotatable bonds is 2. The predicted molar refractivity (Wildman–Crippen MR) is 61.4 cm³/mol. The van der Waals surface area contributed by atoms with Crippen molar-refractivity contribution < 1.29 is 0 Å². The molecule has 0 saturated carbocycles. The highest BCUT2D eigenvalue weighted by Crippen LogP contribution is 2.16. The number of anilines is 1. The van der Waals surface area contributed by atoms with Crippen LogP contribution in [0.5, 0.6) is 0 Å². The molecule has 0 aliphatic carbocycles. The van der Waals surface area contributed by atoms with Gasteiger partial charge in [0, 0.05) is 25.0 Å². The van der Waals surface area contributed by atoms with Gasteiger partial charge in [0.05, 0.1) is 17.9 Å². The quantitative estimate of drug-likeness (QED) is 0.895. The molecule has 15 heavy (non-hydrogen) atoms. The van der Waals surface area contributed by atoms with Gasteiger partial charge >= 0.3 is 0 Å². The highest BCUT2D eigenvalue weighted by molar-refractivity contribution is 9.10. The summed E-state index contributed by atoms with van der Waals surface area (Å²) >= 11 is 3.40. The zero-order valence-corrected chi connectivity index (χ0v) is 10.2. The molecule has 2 N–H and O–H groups in total. The van der Waals surface area contributed by atoms with E-state index in [1.165, 1.54) is 0 Å². The molecule has 6 heteroatoms. The Hall–Kier alpha value is -1.30. The molecule has 0 aromatic carbocycles. The van der Waals surface area contributed by atoms with Gasteiger partial charge in [-0.25, -0.2) is 0 Å². The van der Waals surface area contributed by atoms with E-state index in [1.54, 1.807) is 4.68 Å². The minimum atomic E-state index is 0.673. The van der Waals surface area contributed by atoms with Crippen LogP contribution in [0, 0.1) is 6.92 Å². The highest BCUT2D eigenvalue weighted by atomic mass is 79.9. The fourth-order valence-corrected chi connectivity index (χ4v) is 1.88. The van der Waals surface area contributed by atoms with Crippen molar-refractivity contribution in [1.82, 2.24) is 19.6 Å². The van der Waals surface area contributed by atoms with E-state index in [1.807, 2.05) is 31.0 Å². The fraction of sp³-hybridized carbons (Fsp3) is 0.333. The largest absolute Gasteiger partial charge is 0.396 e. The van der Waals surface area contributed by atoms with Crippen LogP contribution in [-0.2, 0) is 13.6 Å². The SMILES string of the molecule is Cc1nn(Cc2cn(C)nc2Br)cc1N. The second-order valence-electron chi connectivity index (χ2n) is 3.49. The molecule has 0 bridgehead atoms. The third-order valence-electron chi connectivity index (χ3n) is 2.17. The zero-order chi connectivity index (χ0) is 11.0. The number of hydrogen-bond acceptors (Lipinski definition) is 3. The molecule has 2 aromatic rings. The molecule has 2 heterocycles. The van der Waals surface area contributed by atoms with Crippen LogP contribution in [0.15, 0.2) is 17.0 Å². The van der Waals surface area contributed by atoms with Crippen molar-refractivity contribution in [3.63, 3.8) is 0 Å². The van der Waals surface area contributed by atoms with E-state index in [2.05, 4.69) is 26.1 Å². The van der Waals surface area contributed by atoms with Gasteiger partial charge in [-0.1, -0.05) is 0 Å². The standard InChI is InChI=1S/C9H12BrN5/c1-6-8(11)5-15(12-6)4-7-3-14(2)13-9(7)10/h3,5H,4,11H2,1-2H3. The summed E-state index contributed by atoms with van der Waals surface area (Å²) in [5.41, 5.74) is 8.38. The van der Waals surface area contributed by atoms with Crippen molar-refractivity contribution in [3.05, 3.63) is 28.3 Å². The Bertz CT molecular complexity index is 465. The van der Waals surface area contributed by atoms with Crippen LogP contribution in [0.1, 0.15) is 11.3 Å². The first kappa shape index (κ1) is 10.2. The minimum absolute atomic E-state index is 0.673. The van der Waals surface area contributed by atoms with E-state index in [9.17, 15) is 0 Å². The monoisotopic (exact) mass is 269 g/mol. The second kappa shape index (κ2) is 3.69. The molecule has 0 radical (unpaired) electrons. The summed E-state index contributed by atoms with van der Waals surface area (Å²) < 4.78 is 4.42. The highest BCUT2D eigenvalue weighted by Gasteiger charge is 2.07. The van der Waals surface area contributed by atoms with E-state index < -0.39 is 0 Å². The van der Waals surface area contributed by atoms with Crippen LogP contribution in [0.3, 0.4) is 0 Å². The maximum Gasteiger partial charge on any atom is 0.133 e. The van der Waals surface area contributed by atoms with E-state index in [0.29, 0.717) is 6.54 Å². The van der Waals surface area contributed by atoms with Crippen molar-refractivity contribution in [2.24, 2.45) is 7.05 Å². The van der Waals surface area contributed by atoms with Crippen molar-refractivity contribution >= 4 is 21.6 Å². The van der Waals surface area contributed by atoms with Gasteiger partial charge in [-0.05, 0) is 22.9 Å². The van der Waals surface area contributed by atoms with Gasteiger partial charge in [0.15, 0.2) is 0 Å². The Morgan fingerprint density at radius 1 is 1.40 bits per heavy atom. The molecule has 0 atom stereocenters. The molecule has 80 valence electrons. The summed E-state index contributed by atoms with van der Waals surface area (Å²) in [5.74, 6) is 0. The molecule has 0 spiro atoms. The maximum atomic E-state index is 5.72. The molecule has 0 unspecified atom stereocenters. The first-order chi connectivity index (χ1) is 7.06. The van der Waals surface area contributed by atoms with E-state index in [0.717, 1.165) is 21.5 Å². The number of aryl methyl sites for hydroxylation is 2. The van der Waals surface area contributed by atoms with Crippen LogP contribution >= 0.6 is 15.9 Å². The van der Waals surface area contributed by atoms with Gasteiger partial charge in [0.2, 0.25) is 0 Å². The molecular weight excluding hydrogens is 258 g/mol. The van der Waals surface area contributed by atoms with Gasteiger partial charge in [-0.3, -0.25) is 9.36 Å². The topological polar surface area (TPSA) is 61.7 Å². The lowest BCUT2D eigenvalue weighted by molar-refractivity contribution is 0.677. The van der Waals surface area contributed by atoms with Gasteiger partial charge in [-0.2, -0.15) is 10.2 Å². The van der Waals surface area contributed by atoms with Crippen molar-refractivity contribution in [2.45, 2.75) is 13.5 Å². The molecule has 0 saturated heterocycles. The van der Waals surface area contributed by atoms with Gasteiger partial charge in [0.25, 0.3) is 0 Å². The van der Waals surface area contributed by atoms with E-state index in [-0.39, 0.29) is 0 Å². The summed E-state index contributed by atoms with van der Waals surface area (Å²) in [5, 5.41) is 8.49. The maximum absolute atomic E-state index is 5.72. The van der Waals surface area contributed by atoms with Gasteiger partial charge in [0.1, 0.15) is 4.60 Å². The van der Waals surface area contributed by atoms with Crippen LogP contribution in [-0.4, -0.2) is 19.6 Å². The lowest BCUT2D eigenvalue weighted by atomic mass is 10.4. The Balaban J connectivity index is 2.25. The third-order valence-corrected chi connectivity index (χ3v) is 2.84. The van der Waals surface area contributed by atoms with Crippen LogP contribution in [0.25, 0.3) is 0 Å². The Kier molecular flexibility index (Phi) is 2.52. The minimum Gasteiger partial charge on any atom is -0.396 e. The lowest BCUT2D eigenvalue weighted by Gasteiger charge is -1.97. The number of halogens is 1. The predicted octanol–water partition coefficient (Wildman–Crippen LogP) is 1.32. The number of hydrogen-bond donors (Lipinski definition) is 1. The Labute approximate surface area is 96.0 Å². The van der Waals surface area contributed by atoms with Gasteiger partial charge in [-0.15, -0.1) is 0 Å². The van der Waals surface area contributed by atoms with Crippen LogP contribution < -0.4 is 5.73 Å². The molecule has 0 aliphatic rings. The van der Waals surface area contributed by atoms with Crippen LogP contribution in [0.4, 0.5) is 5.69 Å². The first-order valence-electron chi connectivity index (χ1n) is 4.54. The zero-order valence-electron chi connectivity index (χ0n) is 8.61. The molecule has 0 amide bonds. The summed E-state index contributed by atoms with van der Waals surface area (Å²) in [4.78, 5) is 0. The second-order valence-corrected chi connectivity index (χ2v) is 4.24. The first-order valence-corrected chi connectivity index (χ1v) is 5.33. The average molecular weight is 270 g/mol. The number of nitrogens with zero attached hydrogens (tertiary/aromatic N) is 4. The number of nitrogen functional groups attached to an aromatic ring is 1. The molecule has 0 fully saturated rings. The van der Waals surface area contributed by atoms with Gasteiger partial charge < -0.3 is 5.73 Å². The Morgan fingerprint density at radius 3 is 2.60 bits per heavy atom. The smallest absolute Gasteiger partial charge is 0.133 e. The molecule has 2 aromatic heterocycles. The Morgan fingerprint density at radius 2 is 2.13 bits per heavy atom. The average Bonchev–Trinajstić information content (AvgIpc) is 2.59. The van der Waals surface area contributed by atoms with E-state index >= 15 is 0 Å². The van der Waals surface area contributed by atoms with Crippen molar-refractivity contribution in [2.75, 3.05) is 5.73 Å². The fourth-order valence-electron chi connectivity index (χ4n) is 1.41. The normalized spacial score (nSPS) is 10.9. The summed E-state index contributed by atoms with van der Waals surface area (Å²) in [7, 11) is 1.89. The van der Waals surface area contributed by atoms with Crippen molar-refractivity contribution in [1.29, 1.82) is 0 Å². The van der Waals surface area contributed by atoms with Crippen molar-refractivity contribution in [3.8, 4) is 0 Å². The molecule has 0 aliphatic heterocycles. The number of aromatic nitrogens is 4. The summed E-state index contributed by atoms with van der Waals surface area (Å²) in [6.07, 6.45) is 3.78.